The molecule has 0 aliphatic carbocycles. The van der Waals surface area contributed by atoms with Gasteiger partial charge in [0.2, 0.25) is 5.96 Å². The Morgan fingerprint density at radius 2 is 1.20 bits per heavy atom. The molecule has 0 saturated carbocycles. The number of nitrogens with one attached hydrogen (secondary N) is 5. The van der Waals surface area contributed by atoms with Gasteiger partial charge in [0, 0.05) is 38.8 Å². The SMILES string of the molecule is CC(CCN(CCCCNC(=O)OCC(=O)NCCCCCCN=C(NC(=O)OC(C)(C)C)NC(=O)OC(C)(C)C)Cc1ccccc1)NC(=O)OC(C)(C)C. The minimum absolute atomic E-state index is 0.0594. The van der Waals surface area contributed by atoms with Crippen molar-refractivity contribution in [2.45, 2.75) is 144 Å². The third kappa shape index (κ3) is 28.8. The molecule has 1 atom stereocenters. The van der Waals surface area contributed by atoms with E-state index in [-0.39, 0.29) is 24.5 Å². The predicted molar refractivity (Wildman–Crippen MR) is 216 cm³/mol. The highest BCUT2D eigenvalue weighted by Crippen LogP contribution is 2.11. The summed E-state index contributed by atoms with van der Waals surface area (Å²) in [7, 11) is 0. The molecule has 0 radical (unpaired) electrons. The predicted octanol–water partition coefficient (Wildman–Crippen LogP) is 6.38. The molecule has 16 heteroatoms. The van der Waals surface area contributed by atoms with E-state index in [1.165, 1.54) is 5.56 Å². The molecule has 5 N–H and O–H groups in total. The molecular weight excluding hydrogens is 722 g/mol. The summed E-state index contributed by atoms with van der Waals surface area (Å²) < 4.78 is 20.9. The first kappa shape index (κ1) is 49.4. The molecule has 0 heterocycles. The van der Waals surface area contributed by atoms with E-state index < -0.39 is 41.2 Å². The van der Waals surface area contributed by atoms with Crippen molar-refractivity contribution in [1.29, 1.82) is 0 Å². The second-order valence-corrected chi connectivity index (χ2v) is 16.6. The number of nitrogens with zero attached hydrogens (tertiary/aromatic N) is 2. The standard InChI is InChI=1S/C40H69N7O9/c1-30(44-35(50)54-38(2,3)4)22-27-47(28-31-20-14-13-15-21-31)26-19-18-25-43-34(49)53-29-32(48)41-23-16-11-12-17-24-42-33(45-36(51)55-39(5,6)7)46-37(52)56-40(8,9)10/h13-15,20-21,30H,11-12,16-19,22-29H2,1-10H3,(H,41,48)(H,43,49)(H,44,50)(H2,42,45,46,51,52). The number of ether oxygens (including phenoxy) is 4. The third-order valence-electron chi connectivity index (χ3n) is 7.31. The molecule has 16 nitrogen and oxygen atoms in total. The van der Waals surface area contributed by atoms with Gasteiger partial charge in [-0.15, -0.1) is 0 Å². The number of unbranched alkanes of at least 4 members (excludes halogenated alkanes) is 4. The molecule has 0 saturated heterocycles. The van der Waals surface area contributed by atoms with Crippen LogP contribution in [0.1, 0.15) is 120 Å². The summed E-state index contributed by atoms with van der Waals surface area (Å²) in [4.78, 5) is 67.5. The molecule has 0 spiro atoms. The Hall–Kier alpha value is -4.60. The molecule has 1 unspecified atom stereocenters. The number of carbonyl (C=O) groups excluding carboxylic acids is 5. The average Bonchev–Trinajstić information content (AvgIpc) is 3.04. The van der Waals surface area contributed by atoms with Gasteiger partial charge < -0.3 is 34.9 Å². The van der Waals surface area contributed by atoms with Crippen molar-refractivity contribution in [2.24, 2.45) is 4.99 Å². The normalized spacial score (nSPS) is 12.1. The van der Waals surface area contributed by atoms with Gasteiger partial charge in [-0.05, 0) is 113 Å². The van der Waals surface area contributed by atoms with Gasteiger partial charge >= 0.3 is 24.4 Å². The van der Waals surface area contributed by atoms with Gasteiger partial charge in [-0.25, -0.2) is 19.2 Å². The molecule has 0 aliphatic heterocycles. The number of alkyl carbamates (subject to hydrolysis) is 4. The third-order valence-corrected chi connectivity index (χ3v) is 7.31. The van der Waals surface area contributed by atoms with Crippen molar-refractivity contribution >= 4 is 36.2 Å². The van der Waals surface area contributed by atoms with E-state index in [1.54, 1.807) is 41.5 Å². The van der Waals surface area contributed by atoms with Crippen LogP contribution in [-0.2, 0) is 30.3 Å². The van der Waals surface area contributed by atoms with Crippen LogP contribution < -0.4 is 26.6 Å². The second-order valence-electron chi connectivity index (χ2n) is 16.6. The van der Waals surface area contributed by atoms with Gasteiger partial charge in [-0.2, -0.15) is 0 Å². The van der Waals surface area contributed by atoms with Gasteiger partial charge in [0.05, 0.1) is 0 Å². The molecule has 0 aromatic heterocycles. The van der Waals surface area contributed by atoms with Gasteiger partial charge in [0.1, 0.15) is 16.8 Å². The van der Waals surface area contributed by atoms with Crippen LogP contribution in [0.5, 0.6) is 0 Å². The maximum Gasteiger partial charge on any atom is 0.414 e. The first-order valence-electron chi connectivity index (χ1n) is 19.6. The summed E-state index contributed by atoms with van der Waals surface area (Å²) in [6.07, 6.45) is 2.71. The van der Waals surface area contributed by atoms with Crippen LogP contribution in [0.2, 0.25) is 0 Å². The smallest absolute Gasteiger partial charge is 0.414 e. The maximum atomic E-state index is 12.2. The number of hydrogen-bond donors (Lipinski definition) is 5. The highest BCUT2D eigenvalue weighted by atomic mass is 16.6. The van der Waals surface area contributed by atoms with Crippen molar-refractivity contribution in [3.05, 3.63) is 35.9 Å². The van der Waals surface area contributed by atoms with Gasteiger partial charge in [-0.1, -0.05) is 43.2 Å². The second kappa shape index (κ2) is 25.5. The quantitative estimate of drug-likeness (QED) is 0.0428. The Labute approximate surface area is 334 Å². The largest absolute Gasteiger partial charge is 0.444 e. The van der Waals surface area contributed by atoms with E-state index in [1.807, 2.05) is 45.9 Å². The van der Waals surface area contributed by atoms with E-state index >= 15 is 0 Å². The summed E-state index contributed by atoms with van der Waals surface area (Å²) >= 11 is 0. The molecule has 0 fully saturated rings. The van der Waals surface area contributed by atoms with Gasteiger partial charge in [-0.3, -0.25) is 25.3 Å². The van der Waals surface area contributed by atoms with E-state index in [4.69, 9.17) is 18.9 Å². The maximum absolute atomic E-state index is 12.2. The summed E-state index contributed by atoms with van der Waals surface area (Å²) in [5, 5.41) is 13.3. The monoisotopic (exact) mass is 792 g/mol. The highest BCUT2D eigenvalue weighted by Gasteiger charge is 2.22. The zero-order valence-corrected chi connectivity index (χ0v) is 35.4. The number of guanidine groups is 1. The lowest BCUT2D eigenvalue weighted by molar-refractivity contribution is -0.124. The number of hydrogen-bond acceptors (Lipinski definition) is 11. The Balaban J connectivity index is 2.32. The summed E-state index contributed by atoms with van der Waals surface area (Å²) in [6.45, 7) is 21.0. The minimum atomic E-state index is -0.753. The number of aliphatic imine (C=N–C) groups is 1. The van der Waals surface area contributed by atoms with Crippen LogP contribution in [0.15, 0.2) is 35.3 Å². The van der Waals surface area contributed by atoms with E-state index in [0.29, 0.717) is 32.5 Å². The molecule has 318 valence electrons. The van der Waals surface area contributed by atoms with Gasteiger partial charge in [0.25, 0.3) is 5.91 Å². The molecule has 0 aliphatic rings. The van der Waals surface area contributed by atoms with Crippen LogP contribution >= 0.6 is 0 Å². The van der Waals surface area contributed by atoms with E-state index in [9.17, 15) is 24.0 Å². The molecule has 0 bridgehead atoms. The average molecular weight is 792 g/mol. The summed E-state index contributed by atoms with van der Waals surface area (Å²) in [5.74, 6) is -0.453. The van der Waals surface area contributed by atoms with Gasteiger partial charge in [0.15, 0.2) is 6.61 Å². The fourth-order valence-electron chi connectivity index (χ4n) is 4.87. The Kier molecular flexibility index (Phi) is 22.5. The Morgan fingerprint density at radius 1 is 0.661 bits per heavy atom. The number of amides is 5. The topological polar surface area (TPSA) is 198 Å². The van der Waals surface area contributed by atoms with Crippen molar-refractivity contribution in [1.82, 2.24) is 31.5 Å². The first-order chi connectivity index (χ1) is 26.1. The fourth-order valence-corrected chi connectivity index (χ4v) is 4.87. The summed E-state index contributed by atoms with van der Waals surface area (Å²) in [5.41, 5.74) is -0.814. The van der Waals surface area contributed by atoms with Crippen LogP contribution in [-0.4, -0.2) is 103 Å². The molecule has 1 rings (SSSR count). The fraction of sp³-hybridized carbons (Fsp3) is 0.700. The number of benzene rings is 1. The molecule has 5 amide bonds. The van der Waals surface area contributed by atoms with Crippen LogP contribution in [0, 0.1) is 0 Å². The van der Waals surface area contributed by atoms with Crippen molar-refractivity contribution in [3.63, 3.8) is 0 Å². The van der Waals surface area contributed by atoms with Crippen molar-refractivity contribution in [3.8, 4) is 0 Å². The summed E-state index contributed by atoms with van der Waals surface area (Å²) in [6, 6.07) is 10.1. The number of carbonyl (C=O) groups is 5. The molecule has 1 aromatic rings. The minimum Gasteiger partial charge on any atom is -0.444 e. The first-order valence-corrected chi connectivity index (χ1v) is 19.6. The zero-order valence-electron chi connectivity index (χ0n) is 35.4. The van der Waals surface area contributed by atoms with E-state index in [0.717, 1.165) is 51.7 Å². The van der Waals surface area contributed by atoms with Crippen LogP contribution in [0.3, 0.4) is 0 Å². The van der Waals surface area contributed by atoms with Crippen LogP contribution in [0.4, 0.5) is 19.2 Å². The lowest BCUT2D eigenvalue weighted by Gasteiger charge is -2.25. The van der Waals surface area contributed by atoms with Crippen LogP contribution in [0.25, 0.3) is 0 Å². The Morgan fingerprint density at radius 3 is 1.79 bits per heavy atom. The highest BCUT2D eigenvalue weighted by molar-refractivity contribution is 6.01. The van der Waals surface area contributed by atoms with E-state index in [2.05, 4.69) is 48.6 Å². The lowest BCUT2D eigenvalue weighted by atomic mass is 10.1. The number of rotatable bonds is 20. The van der Waals surface area contributed by atoms with Crippen molar-refractivity contribution < 1.29 is 42.9 Å². The zero-order chi connectivity index (χ0) is 42.2. The van der Waals surface area contributed by atoms with Crippen molar-refractivity contribution in [2.75, 3.05) is 39.3 Å². The molecular formula is C40H69N7O9. The lowest BCUT2D eigenvalue weighted by Crippen LogP contribution is -2.47. The molecule has 1 aromatic carbocycles. The molecule has 56 heavy (non-hydrogen) atoms. The Bertz CT molecular complexity index is 1340.